The molecule has 0 bridgehead atoms. The van der Waals surface area contributed by atoms with Crippen molar-refractivity contribution in [3.8, 4) is 16.3 Å². The van der Waals surface area contributed by atoms with Crippen LogP contribution in [0.1, 0.15) is 29.2 Å². The smallest absolute Gasteiger partial charge is 0.410 e. The number of fused-ring (bicyclic) bond motifs is 2. The van der Waals surface area contributed by atoms with Gasteiger partial charge in [0.15, 0.2) is 0 Å². The van der Waals surface area contributed by atoms with E-state index in [1.165, 1.54) is 5.56 Å². The first-order valence-electron chi connectivity index (χ1n) is 24.0. The molecule has 2 N–H and O–H groups in total. The van der Waals surface area contributed by atoms with E-state index in [1.807, 2.05) is 72.2 Å². The van der Waals surface area contributed by atoms with E-state index in [1.54, 1.807) is 95.0 Å². The lowest BCUT2D eigenvalue weighted by Gasteiger charge is -2.12. The number of aliphatic hydroxyl groups excluding tert-OH is 1. The summed E-state index contributed by atoms with van der Waals surface area (Å²) in [4.78, 5) is 65.8. The lowest BCUT2D eigenvalue weighted by atomic mass is 10.2. The van der Waals surface area contributed by atoms with Gasteiger partial charge in [-0.3, -0.25) is 15.0 Å². The van der Waals surface area contributed by atoms with E-state index >= 15 is 0 Å². The molecule has 3 fully saturated rings. The van der Waals surface area contributed by atoms with Gasteiger partial charge in [0, 0.05) is 37.2 Å². The van der Waals surface area contributed by atoms with Crippen LogP contribution in [-0.2, 0) is 40.3 Å². The molecule has 0 atom stereocenters. The molecule has 0 aliphatic carbocycles. The van der Waals surface area contributed by atoms with Gasteiger partial charge in [-0.05, 0) is 158 Å². The summed E-state index contributed by atoms with van der Waals surface area (Å²) in [5.41, 5.74) is 6.82. The molecular formula is C54H50Br4Cl2N10O8S2. The summed E-state index contributed by atoms with van der Waals surface area (Å²) in [5.74, 6) is 0.776. The molecule has 3 aliphatic heterocycles. The van der Waals surface area contributed by atoms with Gasteiger partial charge in [-0.1, -0.05) is 54.4 Å². The van der Waals surface area contributed by atoms with Gasteiger partial charge in [-0.2, -0.15) is 0 Å². The van der Waals surface area contributed by atoms with Crippen molar-refractivity contribution in [2.24, 2.45) is 0 Å². The Balaban J connectivity index is 0.000000158. The number of nitrogens with zero attached hydrogens (tertiary/aromatic N) is 9. The average molecular weight is 1420 g/mol. The number of aromatic nitrogens is 7. The van der Waals surface area contributed by atoms with E-state index in [9.17, 15) is 14.4 Å². The number of hydrogen-bond donors (Lipinski definition) is 2. The van der Waals surface area contributed by atoms with Crippen molar-refractivity contribution in [3.63, 3.8) is 0 Å². The Hall–Kier alpha value is -5.96. The van der Waals surface area contributed by atoms with Crippen LogP contribution in [-0.4, -0.2) is 115 Å². The number of alkyl carbamates (subject to hydrolysis) is 1. The lowest BCUT2D eigenvalue weighted by molar-refractivity contribution is 0.156. The maximum atomic E-state index is 11.5. The summed E-state index contributed by atoms with van der Waals surface area (Å²) in [5, 5.41) is 14.5. The molecule has 80 heavy (non-hydrogen) atoms. The summed E-state index contributed by atoms with van der Waals surface area (Å²) in [7, 11) is 1.62. The molecular weight excluding hydrogens is 1370 g/mol. The van der Waals surface area contributed by atoms with Crippen LogP contribution in [0.2, 0.25) is 10.0 Å². The fraction of sp³-hybridized carbons (Fsp3) is 0.222. The van der Waals surface area contributed by atoms with Gasteiger partial charge < -0.3 is 39.2 Å². The van der Waals surface area contributed by atoms with Gasteiger partial charge in [-0.25, -0.2) is 34.3 Å². The van der Waals surface area contributed by atoms with Crippen LogP contribution in [0.3, 0.4) is 0 Å². The predicted molar refractivity (Wildman–Crippen MR) is 325 cm³/mol. The fourth-order valence-electron chi connectivity index (χ4n) is 6.56. The standard InChI is InChI=1S/C16H12ClN3O2S.C9H9BrN2O2.C7H8BrN.C7H4ClNS.2C6H6BrNO.C3H5NO2/c17-11-3-4-18-13-7-14(23-15(11)13)12-2-1-10(8-19-12)9-20-5-6-22-16(20)21;10-8-2-1-7(5-11-8)6-12-3-4-14-9(12)13;1-2-6-3-4-7(8)9-5-6;8-5-1-3-9-6-2-4-10-7(5)6;1-9-5-2-3-6(7)8-4-5;7-6-2-1-5(4-9)3-8-6;5-3-4-1-2-6-3/h1-4,7-8H,5-6,9H2;1-2,5H,3-4,6H2;3-5H,2H2,1H3;1-4H;2-4H,1H3;1-3,9H,4H2;1-2H2,(H,4,5). The Morgan fingerprint density at radius 3 is 1.55 bits per heavy atom. The largest absolute Gasteiger partial charge is 0.495 e. The van der Waals surface area contributed by atoms with Crippen LogP contribution < -0.4 is 10.1 Å². The fourth-order valence-corrected chi connectivity index (χ4v) is 9.81. The first-order chi connectivity index (χ1) is 38.7. The van der Waals surface area contributed by atoms with E-state index in [0.717, 1.165) is 83.3 Å². The molecule has 3 aliphatic rings. The summed E-state index contributed by atoms with van der Waals surface area (Å²) in [6.07, 6.45) is 12.4. The van der Waals surface area contributed by atoms with E-state index in [2.05, 4.69) is 122 Å². The van der Waals surface area contributed by atoms with Crippen molar-refractivity contribution in [1.82, 2.24) is 50.0 Å². The molecule has 12 rings (SSSR count). The van der Waals surface area contributed by atoms with Gasteiger partial charge in [0.25, 0.3) is 0 Å². The molecule has 9 aromatic rings. The van der Waals surface area contributed by atoms with E-state index in [4.69, 9.17) is 42.5 Å². The second-order valence-electron chi connectivity index (χ2n) is 16.2. The van der Waals surface area contributed by atoms with Gasteiger partial charge in [0.2, 0.25) is 0 Å². The van der Waals surface area contributed by atoms with Crippen molar-refractivity contribution < 1.29 is 38.4 Å². The number of aryl methyl sites for hydroxylation is 1. The zero-order chi connectivity index (χ0) is 57.2. The topological polar surface area (TPSA) is 217 Å². The highest BCUT2D eigenvalue weighted by molar-refractivity contribution is 9.11. The Bertz CT molecular complexity index is 3240. The number of pyridine rings is 7. The van der Waals surface area contributed by atoms with Crippen LogP contribution >= 0.6 is 110 Å². The molecule has 26 heteroatoms. The third kappa shape index (κ3) is 21.2. The van der Waals surface area contributed by atoms with E-state index < -0.39 is 0 Å². The second kappa shape index (κ2) is 33.7. The molecule has 0 radical (unpaired) electrons. The van der Waals surface area contributed by atoms with Crippen LogP contribution in [0.15, 0.2) is 152 Å². The second-order valence-corrected chi connectivity index (χ2v) is 22.3. The van der Waals surface area contributed by atoms with E-state index in [-0.39, 0.29) is 24.9 Å². The number of rotatable bonds is 8. The number of hydrogen-bond acceptors (Lipinski definition) is 17. The first kappa shape index (κ1) is 63.2. The van der Waals surface area contributed by atoms with Crippen LogP contribution in [0.5, 0.6) is 5.75 Å². The monoisotopic (exact) mass is 1420 g/mol. The number of aliphatic hydroxyl groups is 1. The van der Waals surface area contributed by atoms with Crippen molar-refractivity contribution in [2.75, 3.05) is 46.6 Å². The Morgan fingerprint density at radius 2 is 1.14 bits per heavy atom. The molecule has 0 saturated carbocycles. The number of carbonyl (C=O) groups excluding carboxylic acids is 3. The molecule has 9 aromatic heterocycles. The molecule has 18 nitrogen and oxygen atoms in total. The van der Waals surface area contributed by atoms with Gasteiger partial charge in [-0.15, -0.1) is 22.7 Å². The third-order valence-electron chi connectivity index (χ3n) is 10.7. The number of halogens is 6. The molecule has 418 valence electrons. The number of cyclic esters (lactones) is 3. The molecule has 0 unspecified atom stereocenters. The summed E-state index contributed by atoms with van der Waals surface area (Å²) in [6, 6.07) is 26.6. The Kier molecular flexibility index (Phi) is 26.6. The van der Waals surface area contributed by atoms with Crippen molar-refractivity contribution >= 4 is 148 Å². The van der Waals surface area contributed by atoms with Gasteiger partial charge >= 0.3 is 18.3 Å². The zero-order valence-electron chi connectivity index (χ0n) is 42.7. The Labute approximate surface area is 512 Å². The highest BCUT2D eigenvalue weighted by Crippen LogP contribution is 2.35. The number of ether oxygens (including phenoxy) is 4. The number of carbonyl (C=O) groups is 3. The SMILES string of the molecule is CCc1ccc(Br)nc1.COc1ccc(Br)nc1.Clc1ccnc2ccsc12.O=C1NCCO1.O=C1OCCN1Cc1ccc(-c2cc3nccc(Cl)c3s2)nc1.O=C1OCCN1Cc1ccc(Br)nc1.OCc1ccc(Br)nc1. The average Bonchev–Trinajstić information content (AvgIpc) is 4.36. The minimum absolute atomic E-state index is 0.0558. The maximum absolute atomic E-state index is 11.5. The highest BCUT2D eigenvalue weighted by Gasteiger charge is 2.23. The molecule has 0 aromatic carbocycles. The zero-order valence-corrected chi connectivity index (χ0v) is 52.2. The maximum Gasteiger partial charge on any atom is 0.410 e. The van der Waals surface area contributed by atoms with Crippen LogP contribution in [0.25, 0.3) is 31.0 Å². The number of amides is 3. The molecule has 12 heterocycles. The summed E-state index contributed by atoms with van der Waals surface area (Å²) in [6.45, 7) is 6.69. The van der Waals surface area contributed by atoms with Gasteiger partial charge in [0.1, 0.15) is 44.0 Å². The normalized spacial score (nSPS) is 12.9. The van der Waals surface area contributed by atoms with Gasteiger partial charge in [0.05, 0.1) is 93.7 Å². The van der Waals surface area contributed by atoms with Crippen molar-refractivity contribution in [1.29, 1.82) is 0 Å². The highest BCUT2D eigenvalue weighted by atomic mass is 79.9. The quantitative estimate of drug-likeness (QED) is 0.107. The van der Waals surface area contributed by atoms with E-state index in [0.29, 0.717) is 57.6 Å². The molecule has 3 saturated heterocycles. The lowest BCUT2D eigenvalue weighted by Crippen LogP contribution is -2.23. The third-order valence-corrected chi connectivity index (χ3v) is 15.5. The predicted octanol–water partition coefficient (Wildman–Crippen LogP) is 14.0. The Morgan fingerprint density at radius 1 is 0.613 bits per heavy atom. The van der Waals surface area contributed by atoms with Crippen LogP contribution in [0, 0.1) is 0 Å². The first-order valence-corrected chi connectivity index (χ1v) is 29.6. The number of nitrogens with one attached hydrogen (secondary N) is 1. The molecule has 3 amide bonds. The number of thiophene rings is 2. The number of methoxy groups -OCH3 is 1. The van der Waals surface area contributed by atoms with Crippen molar-refractivity contribution in [2.45, 2.75) is 33.0 Å². The molecule has 0 spiro atoms. The minimum Gasteiger partial charge on any atom is -0.495 e. The van der Waals surface area contributed by atoms with Crippen LogP contribution in [0.4, 0.5) is 14.4 Å². The van der Waals surface area contributed by atoms with Crippen molar-refractivity contribution in [3.05, 3.63) is 184 Å². The summed E-state index contributed by atoms with van der Waals surface area (Å²) >= 11 is 28.2. The minimum atomic E-state index is -0.296. The summed E-state index contributed by atoms with van der Waals surface area (Å²) < 4.78 is 24.4.